The standard InChI is InChI=1S/C19H23FN4O4/c1-27-12-9-16-22-19(28-23-16)15-3-2-11-24(15)17(25)8-10-21-18(26)13-4-6-14(20)7-5-13/h4-7,15H,2-3,8-12H2,1H3,(H,21,26). The van der Waals surface area contributed by atoms with Crippen LogP contribution in [0.15, 0.2) is 28.8 Å². The number of likely N-dealkylation sites (tertiary alicyclic amines) is 1. The average Bonchev–Trinajstić information content (AvgIpc) is 3.36. The minimum Gasteiger partial charge on any atom is -0.384 e. The molecule has 1 fully saturated rings. The Labute approximate surface area is 162 Å². The maximum absolute atomic E-state index is 12.9. The van der Waals surface area contributed by atoms with E-state index < -0.39 is 5.82 Å². The van der Waals surface area contributed by atoms with Crippen molar-refractivity contribution in [2.45, 2.75) is 31.7 Å². The molecule has 1 aromatic carbocycles. The van der Waals surface area contributed by atoms with Crippen molar-refractivity contribution in [3.63, 3.8) is 0 Å². The van der Waals surface area contributed by atoms with Crippen LogP contribution in [0.2, 0.25) is 0 Å². The lowest BCUT2D eigenvalue weighted by atomic mass is 10.2. The molecule has 1 N–H and O–H groups in total. The highest BCUT2D eigenvalue weighted by molar-refractivity contribution is 5.94. The van der Waals surface area contributed by atoms with E-state index in [1.165, 1.54) is 24.3 Å². The summed E-state index contributed by atoms with van der Waals surface area (Å²) in [7, 11) is 1.60. The minimum atomic E-state index is -0.404. The van der Waals surface area contributed by atoms with E-state index in [9.17, 15) is 14.0 Å². The summed E-state index contributed by atoms with van der Waals surface area (Å²) in [4.78, 5) is 30.7. The first-order valence-electron chi connectivity index (χ1n) is 9.23. The fourth-order valence-corrected chi connectivity index (χ4v) is 3.15. The van der Waals surface area contributed by atoms with Crippen molar-refractivity contribution in [1.82, 2.24) is 20.4 Å². The number of aromatic nitrogens is 2. The number of nitrogens with zero attached hydrogens (tertiary/aromatic N) is 3. The van der Waals surface area contributed by atoms with Crippen LogP contribution < -0.4 is 5.32 Å². The largest absolute Gasteiger partial charge is 0.384 e. The van der Waals surface area contributed by atoms with E-state index in [0.717, 1.165) is 12.8 Å². The molecule has 1 aliphatic heterocycles. The number of hydrogen-bond acceptors (Lipinski definition) is 6. The zero-order chi connectivity index (χ0) is 19.9. The van der Waals surface area contributed by atoms with Crippen LogP contribution in [0.3, 0.4) is 0 Å². The maximum Gasteiger partial charge on any atom is 0.251 e. The van der Waals surface area contributed by atoms with E-state index >= 15 is 0 Å². The predicted molar refractivity (Wildman–Crippen MR) is 96.9 cm³/mol. The summed E-state index contributed by atoms with van der Waals surface area (Å²) in [6.45, 7) is 1.31. The lowest BCUT2D eigenvalue weighted by Gasteiger charge is -2.22. The molecule has 1 aliphatic rings. The number of amides is 2. The topological polar surface area (TPSA) is 97.6 Å². The lowest BCUT2D eigenvalue weighted by Crippen LogP contribution is -2.34. The van der Waals surface area contributed by atoms with Crippen LogP contribution in [0.5, 0.6) is 0 Å². The van der Waals surface area contributed by atoms with Gasteiger partial charge in [0.05, 0.1) is 6.61 Å². The number of ether oxygens (including phenoxy) is 1. The van der Waals surface area contributed by atoms with E-state index in [2.05, 4.69) is 15.5 Å². The van der Waals surface area contributed by atoms with Gasteiger partial charge in [-0.2, -0.15) is 4.98 Å². The second-order valence-corrected chi connectivity index (χ2v) is 6.55. The number of rotatable bonds is 8. The van der Waals surface area contributed by atoms with Gasteiger partial charge >= 0.3 is 0 Å². The van der Waals surface area contributed by atoms with Gasteiger partial charge in [0.25, 0.3) is 5.91 Å². The maximum atomic E-state index is 12.9. The monoisotopic (exact) mass is 390 g/mol. The molecular formula is C19H23FN4O4. The predicted octanol–water partition coefficient (Wildman–Crippen LogP) is 1.88. The Balaban J connectivity index is 1.51. The molecule has 0 bridgehead atoms. The first-order chi connectivity index (χ1) is 13.6. The first-order valence-corrected chi connectivity index (χ1v) is 9.23. The van der Waals surface area contributed by atoms with Crippen molar-refractivity contribution in [3.8, 4) is 0 Å². The van der Waals surface area contributed by atoms with Crippen molar-refractivity contribution < 1.29 is 23.2 Å². The highest BCUT2D eigenvalue weighted by Crippen LogP contribution is 2.31. The summed E-state index contributed by atoms with van der Waals surface area (Å²) in [5.41, 5.74) is 0.349. The Morgan fingerprint density at radius 3 is 2.89 bits per heavy atom. The normalized spacial score (nSPS) is 16.4. The minimum absolute atomic E-state index is 0.0847. The van der Waals surface area contributed by atoms with E-state index in [1.54, 1.807) is 12.0 Å². The fourth-order valence-electron chi connectivity index (χ4n) is 3.15. The Bertz CT molecular complexity index is 809. The summed E-state index contributed by atoms with van der Waals surface area (Å²) in [6, 6.07) is 5.02. The molecule has 0 saturated carbocycles. The Morgan fingerprint density at radius 2 is 2.14 bits per heavy atom. The number of nitrogens with one attached hydrogen (secondary N) is 1. The van der Waals surface area contributed by atoms with Gasteiger partial charge in [0.15, 0.2) is 5.82 Å². The van der Waals surface area contributed by atoms with E-state index in [0.29, 0.717) is 36.9 Å². The van der Waals surface area contributed by atoms with Gasteiger partial charge in [-0.05, 0) is 37.1 Å². The van der Waals surface area contributed by atoms with Crippen molar-refractivity contribution in [2.75, 3.05) is 26.8 Å². The summed E-state index contributed by atoms with van der Waals surface area (Å²) < 4.78 is 23.2. The molecule has 0 radical (unpaired) electrons. The van der Waals surface area contributed by atoms with E-state index in [-0.39, 0.29) is 30.8 Å². The molecule has 2 aromatic rings. The Kier molecular flexibility index (Phi) is 6.70. The third kappa shape index (κ3) is 4.92. The molecule has 0 aliphatic carbocycles. The van der Waals surface area contributed by atoms with Gasteiger partial charge in [0.2, 0.25) is 11.8 Å². The smallest absolute Gasteiger partial charge is 0.251 e. The zero-order valence-corrected chi connectivity index (χ0v) is 15.7. The molecule has 28 heavy (non-hydrogen) atoms. The molecule has 1 saturated heterocycles. The van der Waals surface area contributed by atoms with Crippen molar-refractivity contribution in [1.29, 1.82) is 0 Å². The number of hydrogen-bond donors (Lipinski definition) is 1. The van der Waals surface area contributed by atoms with Crippen LogP contribution in [-0.2, 0) is 16.0 Å². The van der Waals surface area contributed by atoms with Gasteiger partial charge in [0, 0.05) is 38.6 Å². The summed E-state index contributed by atoms with van der Waals surface area (Å²) in [5, 5.41) is 6.61. The van der Waals surface area contributed by atoms with Crippen molar-refractivity contribution in [3.05, 3.63) is 47.4 Å². The Hall–Kier alpha value is -2.81. The van der Waals surface area contributed by atoms with Gasteiger partial charge in [0.1, 0.15) is 11.9 Å². The second-order valence-electron chi connectivity index (χ2n) is 6.55. The molecule has 2 amide bonds. The van der Waals surface area contributed by atoms with Crippen molar-refractivity contribution >= 4 is 11.8 Å². The van der Waals surface area contributed by atoms with Crippen LogP contribution in [0, 0.1) is 5.82 Å². The molecule has 2 heterocycles. The molecule has 150 valence electrons. The summed E-state index contributed by atoms with van der Waals surface area (Å²) >= 11 is 0. The highest BCUT2D eigenvalue weighted by atomic mass is 19.1. The van der Waals surface area contributed by atoms with Gasteiger partial charge in [-0.1, -0.05) is 5.16 Å². The zero-order valence-electron chi connectivity index (χ0n) is 15.7. The van der Waals surface area contributed by atoms with Gasteiger partial charge in [-0.3, -0.25) is 9.59 Å². The summed E-state index contributed by atoms with van der Waals surface area (Å²) in [5.74, 6) is 0.164. The van der Waals surface area contributed by atoms with Gasteiger partial charge in [-0.25, -0.2) is 4.39 Å². The highest BCUT2D eigenvalue weighted by Gasteiger charge is 2.33. The van der Waals surface area contributed by atoms with Crippen molar-refractivity contribution in [2.24, 2.45) is 0 Å². The molecular weight excluding hydrogens is 367 g/mol. The summed E-state index contributed by atoms with van der Waals surface area (Å²) in [6.07, 6.45) is 2.33. The third-order valence-electron chi connectivity index (χ3n) is 4.60. The molecule has 3 rings (SSSR count). The molecule has 9 heteroatoms. The SMILES string of the molecule is COCCc1noc(C2CCCN2C(=O)CCNC(=O)c2ccc(F)cc2)n1. The fraction of sp³-hybridized carbons (Fsp3) is 0.474. The number of carbonyl (C=O) groups is 2. The Morgan fingerprint density at radius 1 is 1.36 bits per heavy atom. The number of carbonyl (C=O) groups excluding carboxylic acids is 2. The molecule has 1 unspecified atom stereocenters. The molecule has 1 atom stereocenters. The van der Waals surface area contributed by atoms with Crippen LogP contribution in [0.4, 0.5) is 4.39 Å². The molecule has 0 spiro atoms. The van der Waals surface area contributed by atoms with Crippen LogP contribution >= 0.6 is 0 Å². The number of methoxy groups -OCH3 is 1. The van der Waals surface area contributed by atoms with Crippen LogP contribution in [-0.4, -0.2) is 53.7 Å². The number of benzene rings is 1. The average molecular weight is 390 g/mol. The van der Waals surface area contributed by atoms with Gasteiger partial charge in [-0.15, -0.1) is 0 Å². The third-order valence-corrected chi connectivity index (χ3v) is 4.60. The molecule has 8 nitrogen and oxygen atoms in total. The quantitative estimate of drug-likeness (QED) is 0.739. The van der Waals surface area contributed by atoms with E-state index in [1.807, 2.05) is 0 Å². The first kappa shape index (κ1) is 19.9. The lowest BCUT2D eigenvalue weighted by molar-refractivity contribution is -0.132. The van der Waals surface area contributed by atoms with Crippen LogP contribution in [0.1, 0.15) is 47.4 Å². The van der Waals surface area contributed by atoms with E-state index in [4.69, 9.17) is 9.26 Å². The second kappa shape index (κ2) is 9.41. The van der Waals surface area contributed by atoms with Crippen LogP contribution in [0.25, 0.3) is 0 Å². The molecule has 1 aromatic heterocycles. The van der Waals surface area contributed by atoms with Gasteiger partial charge < -0.3 is 19.5 Å². The number of halogens is 1.